The van der Waals surface area contributed by atoms with Crippen LogP contribution in [-0.2, 0) is 17.6 Å². The van der Waals surface area contributed by atoms with Crippen LogP contribution in [0.1, 0.15) is 23.7 Å². The molecule has 0 saturated carbocycles. The quantitative estimate of drug-likeness (QED) is 0.729. The van der Waals surface area contributed by atoms with Gasteiger partial charge in [0.15, 0.2) is 0 Å². The fraction of sp³-hybridized carbons (Fsp3) is 0.421. The number of benzene rings is 1. The normalized spacial score (nSPS) is 20.2. The lowest BCUT2D eigenvalue weighted by Crippen LogP contribution is -2.29. The molecule has 1 aliphatic rings. The highest BCUT2D eigenvalue weighted by atomic mass is 16.5. The molecule has 1 amide bonds. The summed E-state index contributed by atoms with van der Waals surface area (Å²) in [4.78, 5) is 22.0. The van der Waals surface area contributed by atoms with Crippen LogP contribution in [0.5, 0.6) is 0 Å². The van der Waals surface area contributed by atoms with Crippen molar-refractivity contribution < 1.29 is 14.4 Å². The maximum absolute atomic E-state index is 12.5. The fourth-order valence-corrected chi connectivity index (χ4v) is 3.54. The number of aromatic nitrogens is 3. The Morgan fingerprint density at radius 1 is 1.38 bits per heavy atom. The summed E-state index contributed by atoms with van der Waals surface area (Å²) in [6.07, 6.45) is 0.998. The summed E-state index contributed by atoms with van der Waals surface area (Å²) in [6, 6.07) is 9.69. The summed E-state index contributed by atoms with van der Waals surface area (Å²) in [5.74, 6) is 1.59. The van der Waals surface area contributed by atoms with Gasteiger partial charge in [-0.1, -0.05) is 17.3 Å². The van der Waals surface area contributed by atoms with E-state index in [-0.39, 0.29) is 11.8 Å². The number of aryl methyl sites for hydroxylation is 2. The van der Waals surface area contributed by atoms with Gasteiger partial charge in [0.25, 0.3) is 0 Å². The topological polar surface area (TPSA) is 95.2 Å². The van der Waals surface area contributed by atoms with Crippen LogP contribution in [0.4, 0.5) is 0 Å². The first-order valence-corrected chi connectivity index (χ1v) is 8.90. The van der Waals surface area contributed by atoms with Crippen molar-refractivity contribution in [2.45, 2.75) is 32.3 Å². The second-order valence-corrected chi connectivity index (χ2v) is 6.97. The maximum atomic E-state index is 12.5. The number of nitrogens with one attached hydrogen (secondary N) is 1. The minimum absolute atomic E-state index is 0.0162. The number of rotatable bonds is 5. The number of imidazole rings is 1. The molecule has 3 aromatic rings. The number of carbonyl (C=O) groups is 1. The number of hydrogen-bond acceptors (Lipinski definition) is 5. The summed E-state index contributed by atoms with van der Waals surface area (Å²) in [6.45, 7) is 2.78. The Bertz CT molecular complexity index is 883. The molecular formula is C19H22N4O3. The van der Waals surface area contributed by atoms with E-state index in [1.165, 1.54) is 0 Å². The number of fused-ring (bicyclic) bond motifs is 1. The van der Waals surface area contributed by atoms with E-state index in [1.807, 2.05) is 37.3 Å². The van der Waals surface area contributed by atoms with E-state index in [4.69, 9.17) is 4.52 Å². The van der Waals surface area contributed by atoms with Gasteiger partial charge in [-0.3, -0.25) is 4.79 Å². The van der Waals surface area contributed by atoms with E-state index in [0.717, 1.165) is 28.3 Å². The van der Waals surface area contributed by atoms with Crippen LogP contribution in [0.15, 0.2) is 34.9 Å². The van der Waals surface area contributed by atoms with Gasteiger partial charge in [0.1, 0.15) is 11.6 Å². The standard InChI is InChI=1S/C19H22N4O3/c1-12-8-14(26-22-12)9-13-10-23(11-17(13)24)19(25)7-6-18-20-15-4-2-3-5-16(15)21-18/h2-5,8,13,17,24H,6-7,9-11H2,1H3,(H,20,21)/t13-,17+/m1/s1. The van der Waals surface area contributed by atoms with Crippen LogP contribution in [0, 0.1) is 12.8 Å². The number of carbonyl (C=O) groups excluding carboxylic acids is 1. The Labute approximate surface area is 151 Å². The minimum atomic E-state index is -0.532. The van der Waals surface area contributed by atoms with Gasteiger partial charge >= 0.3 is 0 Å². The first-order valence-electron chi connectivity index (χ1n) is 8.90. The van der Waals surface area contributed by atoms with Crippen molar-refractivity contribution in [2.75, 3.05) is 13.1 Å². The van der Waals surface area contributed by atoms with Crippen LogP contribution >= 0.6 is 0 Å². The van der Waals surface area contributed by atoms with Gasteiger partial charge < -0.3 is 19.5 Å². The Balaban J connectivity index is 1.33. The van der Waals surface area contributed by atoms with Crippen molar-refractivity contribution in [1.29, 1.82) is 0 Å². The van der Waals surface area contributed by atoms with E-state index < -0.39 is 6.10 Å². The van der Waals surface area contributed by atoms with Crippen LogP contribution in [0.25, 0.3) is 11.0 Å². The van der Waals surface area contributed by atoms with Gasteiger partial charge in [0.2, 0.25) is 5.91 Å². The van der Waals surface area contributed by atoms with E-state index in [1.54, 1.807) is 4.90 Å². The summed E-state index contributed by atoms with van der Waals surface area (Å²) < 4.78 is 5.23. The van der Waals surface area contributed by atoms with E-state index >= 15 is 0 Å². The molecule has 1 aliphatic heterocycles. The van der Waals surface area contributed by atoms with Crippen molar-refractivity contribution in [3.05, 3.63) is 47.6 Å². The van der Waals surface area contributed by atoms with Crippen molar-refractivity contribution >= 4 is 16.9 Å². The van der Waals surface area contributed by atoms with Crippen molar-refractivity contribution in [1.82, 2.24) is 20.0 Å². The Morgan fingerprint density at radius 2 is 2.23 bits per heavy atom. The molecule has 1 saturated heterocycles. The second kappa shape index (κ2) is 6.92. The molecule has 2 atom stereocenters. The molecule has 26 heavy (non-hydrogen) atoms. The highest BCUT2D eigenvalue weighted by Crippen LogP contribution is 2.23. The highest BCUT2D eigenvalue weighted by molar-refractivity contribution is 5.77. The predicted octanol–water partition coefficient (Wildman–Crippen LogP) is 1.85. The van der Waals surface area contributed by atoms with Gasteiger partial charge in [-0.25, -0.2) is 4.98 Å². The zero-order valence-electron chi connectivity index (χ0n) is 14.7. The van der Waals surface area contributed by atoms with Crippen LogP contribution in [-0.4, -0.2) is 50.2 Å². The van der Waals surface area contributed by atoms with E-state index in [9.17, 15) is 9.90 Å². The maximum Gasteiger partial charge on any atom is 0.223 e. The summed E-state index contributed by atoms with van der Waals surface area (Å²) in [7, 11) is 0. The predicted molar refractivity (Wildman–Crippen MR) is 95.4 cm³/mol. The number of aromatic amines is 1. The van der Waals surface area contributed by atoms with Gasteiger partial charge in [0, 0.05) is 44.3 Å². The second-order valence-electron chi connectivity index (χ2n) is 6.97. The molecule has 7 heteroatoms. The third-order valence-electron chi connectivity index (χ3n) is 4.91. The number of hydrogen-bond donors (Lipinski definition) is 2. The lowest BCUT2D eigenvalue weighted by molar-refractivity contribution is -0.130. The first kappa shape index (κ1) is 16.8. The van der Waals surface area contributed by atoms with Gasteiger partial charge in [-0.05, 0) is 19.1 Å². The average Bonchev–Trinajstić information content (AvgIpc) is 3.32. The van der Waals surface area contributed by atoms with Gasteiger partial charge in [-0.2, -0.15) is 0 Å². The van der Waals surface area contributed by atoms with Crippen LogP contribution in [0.3, 0.4) is 0 Å². The third kappa shape index (κ3) is 3.48. The summed E-state index contributed by atoms with van der Waals surface area (Å²) >= 11 is 0. The number of aliphatic hydroxyl groups is 1. The molecule has 1 fully saturated rings. The monoisotopic (exact) mass is 354 g/mol. The van der Waals surface area contributed by atoms with Gasteiger partial charge in [0.05, 0.1) is 22.8 Å². The SMILES string of the molecule is Cc1cc(C[C@@H]2CN(C(=O)CCc3nc4ccccc4[nH]3)C[C@@H]2O)on1. The van der Waals surface area contributed by atoms with Crippen LogP contribution < -0.4 is 0 Å². The molecule has 0 unspecified atom stereocenters. The molecule has 1 aromatic carbocycles. The third-order valence-corrected chi connectivity index (χ3v) is 4.91. The number of aliphatic hydroxyl groups excluding tert-OH is 1. The summed E-state index contributed by atoms with van der Waals surface area (Å²) in [5.41, 5.74) is 2.72. The van der Waals surface area contributed by atoms with Gasteiger partial charge in [-0.15, -0.1) is 0 Å². The number of para-hydroxylation sites is 2. The Kier molecular flexibility index (Phi) is 4.46. The summed E-state index contributed by atoms with van der Waals surface area (Å²) in [5, 5.41) is 14.2. The molecule has 2 aromatic heterocycles. The zero-order chi connectivity index (χ0) is 18.1. The molecule has 136 valence electrons. The number of amides is 1. The van der Waals surface area contributed by atoms with Crippen LogP contribution in [0.2, 0.25) is 0 Å². The fourth-order valence-electron chi connectivity index (χ4n) is 3.54. The zero-order valence-corrected chi connectivity index (χ0v) is 14.7. The molecule has 0 spiro atoms. The molecule has 0 radical (unpaired) electrons. The van der Waals surface area contributed by atoms with E-state index in [0.29, 0.717) is 32.4 Å². The first-order chi connectivity index (χ1) is 12.6. The number of nitrogens with zero attached hydrogens (tertiary/aromatic N) is 3. The molecule has 0 bridgehead atoms. The molecule has 7 nitrogen and oxygen atoms in total. The molecular weight excluding hydrogens is 332 g/mol. The lowest BCUT2D eigenvalue weighted by Gasteiger charge is -2.15. The Morgan fingerprint density at radius 3 is 3.00 bits per heavy atom. The number of likely N-dealkylation sites (tertiary alicyclic amines) is 1. The largest absolute Gasteiger partial charge is 0.391 e. The Hall–Kier alpha value is -2.67. The average molecular weight is 354 g/mol. The van der Waals surface area contributed by atoms with Crippen molar-refractivity contribution in [3.63, 3.8) is 0 Å². The van der Waals surface area contributed by atoms with Crippen molar-refractivity contribution in [3.8, 4) is 0 Å². The van der Waals surface area contributed by atoms with E-state index in [2.05, 4.69) is 15.1 Å². The smallest absolute Gasteiger partial charge is 0.223 e. The minimum Gasteiger partial charge on any atom is -0.391 e. The number of β-amino-alcohol motifs (C(OH)–C–C–N with tert-alkyl or cyclic N) is 1. The molecule has 3 heterocycles. The lowest BCUT2D eigenvalue weighted by atomic mass is 10.0. The highest BCUT2D eigenvalue weighted by Gasteiger charge is 2.34. The number of H-pyrrole nitrogens is 1. The van der Waals surface area contributed by atoms with Crippen molar-refractivity contribution in [2.24, 2.45) is 5.92 Å². The molecule has 0 aliphatic carbocycles. The molecule has 4 rings (SSSR count). The molecule has 2 N–H and O–H groups in total.